The van der Waals surface area contributed by atoms with Crippen molar-refractivity contribution in [3.8, 4) is 5.75 Å². The highest BCUT2D eigenvalue weighted by atomic mass is 35.5. The van der Waals surface area contributed by atoms with Gasteiger partial charge in [-0.05, 0) is 43.3 Å². The SMILES string of the molecule is COc1ccc(Nc2cc(C)nc(NCCNC(=O)Cc3c(F)cccc3Cl)n2)cc1. The molecule has 0 aliphatic carbocycles. The Morgan fingerprint density at radius 3 is 2.61 bits per heavy atom. The van der Waals surface area contributed by atoms with Crippen molar-refractivity contribution in [3.05, 3.63) is 70.6 Å². The number of methoxy groups -OCH3 is 1. The number of nitrogens with zero attached hydrogens (tertiary/aromatic N) is 2. The molecule has 0 atom stereocenters. The fraction of sp³-hybridized carbons (Fsp3) is 0.227. The number of benzene rings is 2. The summed E-state index contributed by atoms with van der Waals surface area (Å²) in [6.07, 6.45) is -0.123. The zero-order chi connectivity index (χ0) is 22.2. The molecule has 2 aromatic carbocycles. The molecular weight excluding hydrogens is 421 g/mol. The number of nitrogens with one attached hydrogen (secondary N) is 3. The Morgan fingerprint density at radius 1 is 1.13 bits per heavy atom. The first kappa shape index (κ1) is 22.3. The first-order chi connectivity index (χ1) is 14.9. The van der Waals surface area contributed by atoms with Gasteiger partial charge in [0.2, 0.25) is 11.9 Å². The van der Waals surface area contributed by atoms with Crippen LogP contribution in [0.4, 0.5) is 21.8 Å². The van der Waals surface area contributed by atoms with E-state index in [1.807, 2.05) is 37.3 Å². The molecule has 0 aliphatic heterocycles. The van der Waals surface area contributed by atoms with Crippen LogP contribution in [0.2, 0.25) is 5.02 Å². The maximum atomic E-state index is 13.8. The van der Waals surface area contributed by atoms with E-state index in [1.165, 1.54) is 12.1 Å². The molecule has 0 bridgehead atoms. The number of halogens is 2. The quantitative estimate of drug-likeness (QED) is 0.431. The maximum Gasteiger partial charge on any atom is 0.224 e. The zero-order valence-corrected chi connectivity index (χ0v) is 18.0. The number of aryl methyl sites for hydroxylation is 1. The van der Waals surface area contributed by atoms with Gasteiger partial charge < -0.3 is 20.7 Å². The summed E-state index contributed by atoms with van der Waals surface area (Å²) < 4.78 is 18.9. The average molecular weight is 444 g/mol. The van der Waals surface area contributed by atoms with Crippen molar-refractivity contribution in [2.24, 2.45) is 0 Å². The Kier molecular flexibility index (Phi) is 7.61. The van der Waals surface area contributed by atoms with Crippen LogP contribution in [-0.4, -0.2) is 36.1 Å². The Hall–Kier alpha value is -3.39. The third-order valence-electron chi connectivity index (χ3n) is 4.35. The van der Waals surface area contributed by atoms with Crippen LogP contribution in [0.15, 0.2) is 48.5 Å². The van der Waals surface area contributed by atoms with Crippen LogP contribution >= 0.6 is 11.6 Å². The molecule has 0 radical (unpaired) electrons. The van der Waals surface area contributed by atoms with E-state index in [0.29, 0.717) is 24.9 Å². The van der Waals surface area contributed by atoms with Crippen molar-refractivity contribution in [1.29, 1.82) is 0 Å². The van der Waals surface area contributed by atoms with Crippen LogP contribution in [0.5, 0.6) is 5.75 Å². The minimum Gasteiger partial charge on any atom is -0.497 e. The molecular formula is C22H23ClFN5O2. The summed E-state index contributed by atoms with van der Waals surface area (Å²) in [4.78, 5) is 20.9. The minimum absolute atomic E-state index is 0.123. The van der Waals surface area contributed by atoms with Gasteiger partial charge in [-0.15, -0.1) is 0 Å². The first-order valence-corrected chi connectivity index (χ1v) is 10.0. The zero-order valence-electron chi connectivity index (χ0n) is 17.2. The van der Waals surface area contributed by atoms with Gasteiger partial charge in [-0.2, -0.15) is 4.98 Å². The Morgan fingerprint density at radius 2 is 1.90 bits per heavy atom. The van der Waals surface area contributed by atoms with Crippen molar-refractivity contribution in [1.82, 2.24) is 15.3 Å². The largest absolute Gasteiger partial charge is 0.497 e. The summed E-state index contributed by atoms with van der Waals surface area (Å²) >= 11 is 5.96. The minimum atomic E-state index is -0.495. The number of carbonyl (C=O) groups is 1. The molecule has 3 rings (SSSR count). The normalized spacial score (nSPS) is 10.5. The molecule has 0 aliphatic rings. The predicted octanol–water partition coefficient (Wildman–Crippen LogP) is 4.10. The summed E-state index contributed by atoms with van der Waals surface area (Å²) in [5, 5.41) is 9.25. The van der Waals surface area contributed by atoms with E-state index >= 15 is 0 Å². The summed E-state index contributed by atoms with van der Waals surface area (Å²) in [6, 6.07) is 13.7. The van der Waals surface area contributed by atoms with Gasteiger partial charge in [-0.1, -0.05) is 17.7 Å². The number of hydrogen-bond acceptors (Lipinski definition) is 6. The van der Waals surface area contributed by atoms with E-state index in [4.69, 9.17) is 16.3 Å². The molecule has 3 aromatic rings. The van der Waals surface area contributed by atoms with E-state index in [2.05, 4.69) is 25.9 Å². The highest BCUT2D eigenvalue weighted by Gasteiger charge is 2.11. The van der Waals surface area contributed by atoms with Crippen molar-refractivity contribution in [3.63, 3.8) is 0 Å². The molecule has 0 saturated carbocycles. The van der Waals surface area contributed by atoms with Gasteiger partial charge in [0, 0.05) is 41.1 Å². The topological polar surface area (TPSA) is 88.2 Å². The second-order valence-electron chi connectivity index (χ2n) is 6.73. The fourth-order valence-corrected chi connectivity index (χ4v) is 3.06. The van der Waals surface area contributed by atoms with Crippen LogP contribution in [0.1, 0.15) is 11.3 Å². The number of anilines is 3. The van der Waals surface area contributed by atoms with Gasteiger partial charge in [-0.3, -0.25) is 4.79 Å². The number of amides is 1. The molecule has 1 amide bonds. The molecule has 0 unspecified atom stereocenters. The summed E-state index contributed by atoms with van der Waals surface area (Å²) in [5.41, 5.74) is 1.83. The van der Waals surface area contributed by atoms with Crippen molar-refractivity contribution in [2.75, 3.05) is 30.8 Å². The fourth-order valence-electron chi connectivity index (χ4n) is 2.83. The molecule has 162 valence electrons. The van der Waals surface area contributed by atoms with E-state index in [-0.39, 0.29) is 22.9 Å². The van der Waals surface area contributed by atoms with Gasteiger partial charge in [0.05, 0.1) is 13.5 Å². The molecule has 31 heavy (non-hydrogen) atoms. The van der Waals surface area contributed by atoms with E-state index < -0.39 is 5.82 Å². The number of hydrogen-bond donors (Lipinski definition) is 3. The van der Waals surface area contributed by atoms with Crippen LogP contribution in [0.25, 0.3) is 0 Å². The molecule has 0 saturated heterocycles. The molecule has 0 spiro atoms. The second-order valence-corrected chi connectivity index (χ2v) is 7.13. The molecule has 7 nitrogen and oxygen atoms in total. The first-order valence-electron chi connectivity index (χ1n) is 9.65. The molecule has 1 heterocycles. The van der Waals surface area contributed by atoms with Gasteiger partial charge >= 0.3 is 0 Å². The third kappa shape index (κ3) is 6.55. The maximum absolute atomic E-state index is 13.8. The lowest BCUT2D eigenvalue weighted by Gasteiger charge is -2.11. The van der Waals surface area contributed by atoms with Crippen molar-refractivity contribution < 1.29 is 13.9 Å². The van der Waals surface area contributed by atoms with Gasteiger partial charge in [0.1, 0.15) is 17.4 Å². The van der Waals surface area contributed by atoms with E-state index in [0.717, 1.165) is 17.1 Å². The van der Waals surface area contributed by atoms with Gasteiger partial charge in [0.25, 0.3) is 0 Å². The molecule has 9 heteroatoms. The lowest BCUT2D eigenvalue weighted by molar-refractivity contribution is -0.120. The predicted molar refractivity (Wildman–Crippen MR) is 120 cm³/mol. The Labute approximate surface area is 185 Å². The molecule has 3 N–H and O–H groups in total. The van der Waals surface area contributed by atoms with Crippen molar-refractivity contribution in [2.45, 2.75) is 13.3 Å². The van der Waals surface area contributed by atoms with Crippen LogP contribution < -0.4 is 20.7 Å². The number of rotatable bonds is 9. The second kappa shape index (κ2) is 10.6. The molecule has 0 fully saturated rings. The molecule has 1 aromatic heterocycles. The third-order valence-corrected chi connectivity index (χ3v) is 4.70. The average Bonchev–Trinajstić information content (AvgIpc) is 2.74. The number of ether oxygens (including phenoxy) is 1. The van der Waals surface area contributed by atoms with Gasteiger partial charge in [0.15, 0.2) is 0 Å². The Balaban J connectivity index is 1.50. The summed E-state index contributed by atoms with van der Waals surface area (Å²) in [5.74, 6) is 1.03. The van der Waals surface area contributed by atoms with Crippen LogP contribution in [0.3, 0.4) is 0 Å². The van der Waals surface area contributed by atoms with Crippen LogP contribution in [0, 0.1) is 12.7 Å². The van der Waals surface area contributed by atoms with Crippen LogP contribution in [-0.2, 0) is 11.2 Å². The number of carbonyl (C=O) groups excluding carboxylic acids is 1. The highest BCUT2D eigenvalue weighted by molar-refractivity contribution is 6.31. The lowest BCUT2D eigenvalue weighted by atomic mass is 10.1. The Bertz CT molecular complexity index is 1030. The highest BCUT2D eigenvalue weighted by Crippen LogP contribution is 2.20. The summed E-state index contributed by atoms with van der Waals surface area (Å²) in [7, 11) is 1.62. The van der Waals surface area contributed by atoms with E-state index in [9.17, 15) is 9.18 Å². The standard InChI is InChI=1S/C22H23ClFN5O2/c1-14-12-20(28-15-6-8-16(31-2)9-7-15)29-22(27-14)26-11-10-25-21(30)13-17-18(23)4-3-5-19(17)24/h3-9,12H,10-11,13H2,1-2H3,(H,25,30)(H2,26,27,28,29). The van der Waals surface area contributed by atoms with Gasteiger partial charge in [-0.25, -0.2) is 9.37 Å². The summed E-state index contributed by atoms with van der Waals surface area (Å²) in [6.45, 7) is 2.59. The number of aromatic nitrogens is 2. The smallest absolute Gasteiger partial charge is 0.224 e. The lowest BCUT2D eigenvalue weighted by Crippen LogP contribution is -2.30. The van der Waals surface area contributed by atoms with E-state index in [1.54, 1.807) is 13.2 Å². The monoisotopic (exact) mass is 443 g/mol. The van der Waals surface area contributed by atoms with Crippen molar-refractivity contribution >= 4 is 35.0 Å².